The number of carbonyl (C=O) groups is 1. The Kier molecular flexibility index (Phi) is 4.32. The van der Waals surface area contributed by atoms with Crippen LogP contribution in [0, 0.1) is 18.3 Å². The SMILES string of the molecule is Cc1ccc(CC(=O)c2cccc(C(C)(C)C#N)c2)cc1N. The third-order valence-corrected chi connectivity index (χ3v) is 3.89. The van der Waals surface area contributed by atoms with Crippen LogP contribution in [0.15, 0.2) is 42.5 Å². The smallest absolute Gasteiger partial charge is 0.167 e. The number of aryl methyl sites for hydroxylation is 1. The standard InChI is InChI=1S/C19H20N2O/c1-13-7-8-14(9-17(13)21)10-18(22)15-5-4-6-16(11-15)19(2,3)12-20/h4-9,11H,10,21H2,1-3H3. The second-order valence-corrected chi connectivity index (χ2v) is 6.11. The Morgan fingerprint density at radius 3 is 2.59 bits per heavy atom. The molecule has 0 aliphatic carbocycles. The molecule has 2 aromatic rings. The average Bonchev–Trinajstić information content (AvgIpc) is 2.51. The lowest BCUT2D eigenvalue weighted by molar-refractivity contribution is 0.0993. The van der Waals surface area contributed by atoms with E-state index in [0.29, 0.717) is 17.7 Å². The van der Waals surface area contributed by atoms with Crippen molar-refractivity contribution < 1.29 is 4.79 Å². The molecule has 0 fully saturated rings. The van der Waals surface area contributed by atoms with Gasteiger partial charge in [0, 0.05) is 17.7 Å². The van der Waals surface area contributed by atoms with Gasteiger partial charge in [-0.15, -0.1) is 0 Å². The molecule has 2 aromatic carbocycles. The van der Waals surface area contributed by atoms with Crippen molar-refractivity contribution in [1.82, 2.24) is 0 Å². The second-order valence-electron chi connectivity index (χ2n) is 6.11. The zero-order valence-corrected chi connectivity index (χ0v) is 13.2. The number of hydrogen-bond donors (Lipinski definition) is 1. The largest absolute Gasteiger partial charge is 0.399 e. The van der Waals surface area contributed by atoms with E-state index in [-0.39, 0.29) is 5.78 Å². The van der Waals surface area contributed by atoms with Gasteiger partial charge in [0.15, 0.2) is 5.78 Å². The van der Waals surface area contributed by atoms with Gasteiger partial charge in [-0.1, -0.05) is 30.3 Å². The summed E-state index contributed by atoms with van der Waals surface area (Å²) in [6.07, 6.45) is 0.306. The van der Waals surface area contributed by atoms with Crippen LogP contribution in [0.4, 0.5) is 5.69 Å². The first-order chi connectivity index (χ1) is 10.3. The predicted molar refractivity (Wildman–Crippen MR) is 88.7 cm³/mol. The van der Waals surface area contributed by atoms with Crippen molar-refractivity contribution in [3.8, 4) is 6.07 Å². The normalized spacial score (nSPS) is 11.0. The van der Waals surface area contributed by atoms with Crippen LogP contribution in [-0.4, -0.2) is 5.78 Å². The monoisotopic (exact) mass is 292 g/mol. The van der Waals surface area contributed by atoms with Gasteiger partial charge in [0.2, 0.25) is 0 Å². The first kappa shape index (κ1) is 15.8. The fourth-order valence-electron chi connectivity index (χ4n) is 2.23. The van der Waals surface area contributed by atoms with E-state index in [1.165, 1.54) is 0 Å². The summed E-state index contributed by atoms with van der Waals surface area (Å²) >= 11 is 0. The Labute approximate surface area is 131 Å². The van der Waals surface area contributed by atoms with Crippen molar-refractivity contribution in [2.75, 3.05) is 5.73 Å². The van der Waals surface area contributed by atoms with E-state index in [9.17, 15) is 10.1 Å². The van der Waals surface area contributed by atoms with Crippen LogP contribution in [0.25, 0.3) is 0 Å². The molecule has 0 aromatic heterocycles. The third kappa shape index (κ3) is 3.35. The first-order valence-corrected chi connectivity index (χ1v) is 7.23. The third-order valence-electron chi connectivity index (χ3n) is 3.89. The minimum Gasteiger partial charge on any atom is -0.399 e. The maximum atomic E-state index is 12.5. The number of Topliss-reactive ketones (excluding diaryl/α,β-unsaturated/α-hetero) is 1. The van der Waals surface area contributed by atoms with Gasteiger partial charge in [0.1, 0.15) is 0 Å². The van der Waals surface area contributed by atoms with Crippen LogP contribution < -0.4 is 5.73 Å². The Hall–Kier alpha value is -2.60. The minimum atomic E-state index is -0.607. The summed E-state index contributed by atoms with van der Waals surface area (Å²) in [7, 11) is 0. The van der Waals surface area contributed by atoms with Crippen LogP contribution in [-0.2, 0) is 11.8 Å². The summed E-state index contributed by atoms with van der Waals surface area (Å²) in [6, 6.07) is 15.3. The van der Waals surface area contributed by atoms with Gasteiger partial charge >= 0.3 is 0 Å². The van der Waals surface area contributed by atoms with Gasteiger partial charge in [-0.3, -0.25) is 4.79 Å². The molecule has 2 N–H and O–H groups in total. The molecule has 0 aliphatic heterocycles. The zero-order valence-electron chi connectivity index (χ0n) is 13.2. The molecule has 0 unspecified atom stereocenters. The minimum absolute atomic E-state index is 0.0267. The Bertz CT molecular complexity index is 754. The Morgan fingerprint density at radius 1 is 1.23 bits per heavy atom. The number of ketones is 1. The maximum absolute atomic E-state index is 12.5. The maximum Gasteiger partial charge on any atom is 0.167 e. The number of rotatable bonds is 4. The summed E-state index contributed by atoms with van der Waals surface area (Å²) in [5, 5.41) is 9.22. The molecule has 0 amide bonds. The molecule has 0 aliphatic rings. The number of anilines is 1. The van der Waals surface area contributed by atoms with Crippen molar-refractivity contribution in [3.05, 3.63) is 64.7 Å². The van der Waals surface area contributed by atoms with Gasteiger partial charge in [0.25, 0.3) is 0 Å². The van der Waals surface area contributed by atoms with Crippen molar-refractivity contribution in [2.45, 2.75) is 32.6 Å². The van der Waals surface area contributed by atoms with Gasteiger partial charge in [-0.25, -0.2) is 0 Å². The predicted octanol–water partition coefficient (Wildman–Crippen LogP) is 3.80. The van der Waals surface area contributed by atoms with Crippen LogP contribution in [0.2, 0.25) is 0 Å². The number of nitrogen functional groups attached to an aromatic ring is 1. The van der Waals surface area contributed by atoms with Crippen molar-refractivity contribution in [3.63, 3.8) is 0 Å². The summed E-state index contributed by atoms with van der Waals surface area (Å²) in [4.78, 5) is 12.5. The van der Waals surface area contributed by atoms with Gasteiger partial charge in [-0.2, -0.15) is 5.26 Å². The summed E-state index contributed by atoms with van der Waals surface area (Å²) in [5.41, 5.74) is 9.36. The molecular weight excluding hydrogens is 272 g/mol. The number of nitrogens with two attached hydrogens (primary N) is 1. The molecule has 0 radical (unpaired) electrons. The van der Waals surface area contributed by atoms with Gasteiger partial charge in [-0.05, 0) is 49.6 Å². The zero-order chi connectivity index (χ0) is 16.3. The molecule has 0 saturated heterocycles. The molecule has 0 atom stereocenters. The Balaban J connectivity index is 2.25. The highest BCUT2D eigenvalue weighted by atomic mass is 16.1. The van der Waals surface area contributed by atoms with Gasteiger partial charge < -0.3 is 5.73 Å². The lowest BCUT2D eigenvalue weighted by atomic mass is 9.85. The summed E-state index contributed by atoms with van der Waals surface area (Å²) in [6.45, 7) is 5.63. The van der Waals surface area contributed by atoms with Crippen LogP contribution in [0.5, 0.6) is 0 Å². The molecular formula is C19H20N2O. The second kappa shape index (κ2) is 6.03. The van der Waals surface area contributed by atoms with Crippen molar-refractivity contribution >= 4 is 11.5 Å². The molecule has 3 nitrogen and oxygen atoms in total. The topological polar surface area (TPSA) is 66.9 Å². The molecule has 0 heterocycles. The molecule has 0 spiro atoms. The number of nitriles is 1. The van der Waals surface area contributed by atoms with E-state index in [1.807, 2.05) is 57.2 Å². The Morgan fingerprint density at radius 2 is 1.95 bits per heavy atom. The lowest BCUT2D eigenvalue weighted by Gasteiger charge is -2.16. The highest BCUT2D eigenvalue weighted by Crippen LogP contribution is 2.23. The fraction of sp³-hybridized carbons (Fsp3) is 0.263. The van der Waals surface area contributed by atoms with Crippen molar-refractivity contribution in [2.24, 2.45) is 0 Å². The van der Waals surface area contributed by atoms with Crippen LogP contribution in [0.3, 0.4) is 0 Å². The van der Waals surface area contributed by atoms with E-state index < -0.39 is 5.41 Å². The molecule has 2 rings (SSSR count). The van der Waals surface area contributed by atoms with Crippen LogP contribution in [0.1, 0.15) is 40.9 Å². The molecule has 0 saturated carbocycles. The van der Waals surface area contributed by atoms with E-state index in [2.05, 4.69) is 6.07 Å². The van der Waals surface area contributed by atoms with Crippen molar-refractivity contribution in [1.29, 1.82) is 5.26 Å². The van der Waals surface area contributed by atoms with E-state index in [1.54, 1.807) is 6.07 Å². The van der Waals surface area contributed by atoms with Gasteiger partial charge in [0.05, 0.1) is 11.5 Å². The van der Waals surface area contributed by atoms with E-state index >= 15 is 0 Å². The molecule has 22 heavy (non-hydrogen) atoms. The number of benzene rings is 2. The first-order valence-electron chi connectivity index (χ1n) is 7.23. The van der Waals surface area contributed by atoms with E-state index in [0.717, 1.165) is 16.7 Å². The number of carbonyl (C=O) groups excluding carboxylic acids is 1. The van der Waals surface area contributed by atoms with E-state index in [4.69, 9.17) is 5.73 Å². The summed E-state index contributed by atoms with van der Waals surface area (Å²) in [5.74, 6) is 0.0267. The quantitative estimate of drug-likeness (QED) is 0.688. The molecule has 3 heteroatoms. The highest BCUT2D eigenvalue weighted by molar-refractivity contribution is 5.97. The highest BCUT2D eigenvalue weighted by Gasteiger charge is 2.20. The summed E-state index contributed by atoms with van der Waals surface area (Å²) < 4.78 is 0. The fourth-order valence-corrected chi connectivity index (χ4v) is 2.23. The lowest BCUT2D eigenvalue weighted by Crippen LogP contribution is -2.15. The molecule has 112 valence electrons. The van der Waals surface area contributed by atoms with Crippen LogP contribution >= 0.6 is 0 Å². The number of hydrogen-bond acceptors (Lipinski definition) is 3. The molecule has 0 bridgehead atoms. The average molecular weight is 292 g/mol. The number of nitrogens with zero attached hydrogens (tertiary/aromatic N) is 1.